The summed E-state index contributed by atoms with van der Waals surface area (Å²) >= 11 is 0. The van der Waals surface area contributed by atoms with E-state index in [-0.39, 0.29) is 5.25 Å². The summed E-state index contributed by atoms with van der Waals surface area (Å²) in [6.07, 6.45) is 4.81. The molecule has 2 nitrogen and oxygen atoms in total. The summed E-state index contributed by atoms with van der Waals surface area (Å²) in [5.41, 5.74) is 0. The van der Waals surface area contributed by atoms with Gasteiger partial charge >= 0.3 is 0 Å². The molecule has 0 N–H and O–H groups in total. The normalized spacial score (nSPS) is 22.6. The number of rotatable bonds is 1. The van der Waals surface area contributed by atoms with E-state index in [0.29, 0.717) is 0 Å². The number of hydrogen-bond donors (Lipinski definition) is 0. The van der Waals surface area contributed by atoms with Gasteiger partial charge in [-0.15, -0.1) is 0 Å². The molecule has 0 atom stereocenters. The Morgan fingerprint density at radius 1 is 1.50 bits per heavy atom. The monoisotopic (exact) mass is 133 g/mol. The molecule has 1 saturated carbocycles. The summed E-state index contributed by atoms with van der Waals surface area (Å²) in [7, 11) is -2.70. The molecule has 0 unspecified atom stereocenters. The van der Waals surface area contributed by atoms with Crippen LogP contribution in [-0.4, -0.2) is 19.9 Å². The molecule has 1 rings (SSSR count). The molecule has 0 spiro atoms. The van der Waals surface area contributed by atoms with Crippen LogP contribution in [0.2, 0.25) is 0 Å². The van der Waals surface area contributed by atoms with Crippen molar-refractivity contribution in [3.05, 3.63) is 6.42 Å². The smallest absolute Gasteiger partial charge is 0.150 e. The van der Waals surface area contributed by atoms with Gasteiger partial charge < -0.3 is 0 Å². The molecule has 1 fully saturated rings. The molecule has 0 aromatic rings. The largest absolute Gasteiger partial charge is 0.229 e. The van der Waals surface area contributed by atoms with Crippen LogP contribution >= 0.6 is 0 Å². The van der Waals surface area contributed by atoms with Crippen LogP contribution in [0.3, 0.4) is 0 Å². The Kier molecular flexibility index (Phi) is 1.31. The summed E-state index contributed by atoms with van der Waals surface area (Å²) in [6, 6.07) is 0. The van der Waals surface area contributed by atoms with E-state index in [2.05, 4.69) is 0 Å². The second-order valence-corrected chi connectivity index (χ2v) is 4.54. The van der Waals surface area contributed by atoms with Gasteiger partial charge in [-0.2, -0.15) is 0 Å². The van der Waals surface area contributed by atoms with Crippen molar-refractivity contribution in [1.82, 2.24) is 0 Å². The van der Waals surface area contributed by atoms with E-state index < -0.39 is 9.84 Å². The van der Waals surface area contributed by atoms with Crippen LogP contribution in [0.25, 0.3) is 0 Å². The average Bonchev–Trinajstić information content (AvgIpc) is 1.16. The summed E-state index contributed by atoms with van der Waals surface area (Å²) in [6.45, 7) is 0. The first-order valence-corrected chi connectivity index (χ1v) is 4.56. The molecular formula is C5H9O2S. The van der Waals surface area contributed by atoms with E-state index in [1.54, 1.807) is 0 Å². The van der Waals surface area contributed by atoms with Crippen molar-refractivity contribution >= 4 is 9.84 Å². The Labute approximate surface area is 49.8 Å². The van der Waals surface area contributed by atoms with Gasteiger partial charge in [0, 0.05) is 6.26 Å². The first-order valence-electron chi connectivity index (χ1n) is 2.61. The van der Waals surface area contributed by atoms with Crippen LogP contribution in [0.1, 0.15) is 12.8 Å². The zero-order valence-electron chi connectivity index (χ0n) is 4.79. The molecule has 0 aromatic heterocycles. The first-order chi connectivity index (χ1) is 3.61. The van der Waals surface area contributed by atoms with Crippen LogP contribution in [0.4, 0.5) is 0 Å². The highest BCUT2D eigenvalue weighted by atomic mass is 32.2. The van der Waals surface area contributed by atoms with Crippen molar-refractivity contribution in [1.29, 1.82) is 0 Å². The minimum atomic E-state index is -2.70. The molecule has 0 aliphatic heterocycles. The van der Waals surface area contributed by atoms with Crippen molar-refractivity contribution < 1.29 is 8.42 Å². The molecule has 0 aromatic carbocycles. The van der Waals surface area contributed by atoms with Crippen LogP contribution in [-0.2, 0) is 9.84 Å². The fourth-order valence-electron chi connectivity index (χ4n) is 0.652. The number of sulfone groups is 1. The van der Waals surface area contributed by atoms with E-state index in [9.17, 15) is 8.42 Å². The fraction of sp³-hybridized carbons (Fsp3) is 0.800. The molecule has 0 bridgehead atoms. The van der Waals surface area contributed by atoms with E-state index >= 15 is 0 Å². The van der Waals surface area contributed by atoms with Crippen LogP contribution in [0.15, 0.2) is 0 Å². The third-order valence-corrected chi connectivity index (χ3v) is 3.06. The predicted octanol–water partition coefficient (Wildman–Crippen LogP) is 0.398. The Morgan fingerprint density at radius 3 is 2.00 bits per heavy atom. The van der Waals surface area contributed by atoms with E-state index in [0.717, 1.165) is 12.8 Å². The minimum absolute atomic E-state index is 0.0532. The Bertz CT molecular complexity index is 165. The predicted molar refractivity (Wildman–Crippen MR) is 32.2 cm³/mol. The van der Waals surface area contributed by atoms with Crippen molar-refractivity contribution in [3.8, 4) is 0 Å². The highest BCUT2D eigenvalue weighted by molar-refractivity contribution is 7.91. The second kappa shape index (κ2) is 1.72. The zero-order chi connectivity index (χ0) is 6.20. The summed E-state index contributed by atoms with van der Waals surface area (Å²) in [5.74, 6) is 0. The van der Waals surface area contributed by atoms with Gasteiger partial charge in [0.25, 0.3) is 0 Å². The molecular weight excluding hydrogens is 124 g/mol. The molecule has 3 heteroatoms. The molecule has 0 saturated heterocycles. The molecule has 1 radical (unpaired) electrons. The van der Waals surface area contributed by atoms with Crippen LogP contribution < -0.4 is 0 Å². The average molecular weight is 133 g/mol. The highest BCUT2D eigenvalue weighted by Crippen LogP contribution is 2.23. The summed E-state index contributed by atoms with van der Waals surface area (Å²) in [4.78, 5) is 0. The van der Waals surface area contributed by atoms with Crippen molar-refractivity contribution in [2.24, 2.45) is 0 Å². The Hall–Kier alpha value is -0.0500. The Balaban J connectivity index is 2.60. The zero-order valence-corrected chi connectivity index (χ0v) is 5.61. The summed E-state index contributed by atoms with van der Waals surface area (Å²) in [5, 5.41) is -0.0532. The minimum Gasteiger partial charge on any atom is -0.229 e. The molecule has 1 aliphatic carbocycles. The lowest BCUT2D eigenvalue weighted by atomic mass is 10.0. The highest BCUT2D eigenvalue weighted by Gasteiger charge is 2.26. The SMILES string of the molecule is CS(=O)(=O)C1C[CH]C1. The van der Waals surface area contributed by atoms with Crippen molar-refractivity contribution in [2.75, 3.05) is 6.26 Å². The third kappa shape index (κ3) is 1.02. The van der Waals surface area contributed by atoms with Crippen LogP contribution in [0, 0.1) is 6.42 Å². The van der Waals surface area contributed by atoms with Gasteiger partial charge in [-0.05, 0) is 19.3 Å². The first kappa shape index (κ1) is 6.08. The fourth-order valence-corrected chi connectivity index (χ4v) is 1.62. The molecule has 47 valence electrons. The lowest BCUT2D eigenvalue weighted by Crippen LogP contribution is -2.27. The maximum absolute atomic E-state index is 10.6. The van der Waals surface area contributed by atoms with E-state index in [1.165, 1.54) is 6.26 Å². The van der Waals surface area contributed by atoms with E-state index in [1.807, 2.05) is 6.42 Å². The standard InChI is InChI=1S/C5H9O2S/c1-8(6,7)5-3-2-4-5/h2,5H,3-4H2,1H3. The second-order valence-electron chi connectivity index (χ2n) is 2.21. The Morgan fingerprint density at radius 2 is 2.00 bits per heavy atom. The quantitative estimate of drug-likeness (QED) is 0.518. The van der Waals surface area contributed by atoms with Crippen LogP contribution in [0.5, 0.6) is 0 Å². The van der Waals surface area contributed by atoms with Crippen molar-refractivity contribution in [2.45, 2.75) is 18.1 Å². The molecule has 0 amide bonds. The summed E-state index contributed by atoms with van der Waals surface area (Å²) < 4.78 is 21.2. The lowest BCUT2D eigenvalue weighted by Gasteiger charge is -2.22. The van der Waals surface area contributed by atoms with Gasteiger partial charge in [0.2, 0.25) is 0 Å². The molecule has 1 aliphatic rings. The molecule has 0 heterocycles. The number of hydrogen-bond acceptors (Lipinski definition) is 2. The maximum Gasteiger partial charge on any atom is 0.150 e. The van der Waals surface area contributed by atoms with E-state index in [4.69, 9.17) is 0 Å². The third-order valence-electron chi connectivity index (χ3n) is 1.46. The van der Waals surface area contributed by atoms with Gasteiger partial charge in [-0.3, -0.25) is 0 Å². The van der Waals surface area contributed by atoms with Gasteiger partial charge in [0.1, 0.15) is 9.84 Å². The van der Waals surface area contributed by atoms with Gasteiger partial charge in [-0.1, -0.05) is 0 Å². The van der Waals surface area contributed by atoms with Gasteiger partial charge in [0.05, 0.1) is 5.25 Å². The lowest BCUT2D eigenvalue weighted by molar-refractivity contribution is 0.554. The van der Waals surface area contributed by atoms with Gasteiger partial charge in [0.15, 0.2) is 0 Å². The topological polar surface area (TPSA) is 34.1 Å². The van der Waals surface area contributed by atoms with Gasteiger partial charge in [-0.25, -0.2) is 8.42 Å². The van der Waals surface area contributed by atoms with Crippen molar-refractivity contribution in [3.63, 3.8) is 0 Å². The maximum atomic E-state index is 10.6. The molecule has 8 heavy (non-hydrogen) atoms.